The normalized spacial score (nSPS) is 11.8. The molecule has 0 aliphatic rings. The first-order chi connectivity index (χ1) is 10.0. The minimum atomic E-state index is -1.03. The van der Waals surface area contributed by atoms with E-state index in [2.05, 4.69) is 5.32 Å². The average Bonchev–Trinajstić information content (AvgIpc) is 2.46. The van der Waals surface area contributed by atoms with Crippen molar-refractivity contribution >= 4 is 34.9 Å². The van der Waals surface area contributed by atoms with Crippen LogP contribution in [-0.2, 0) is 4.79 Å². The summed E-state index contributed by atoms with van der Waals surface area (Å²) in [5.41, 5.74) is 1.10. The van der Waals surface area contributed by atoms with Crippen LogP contribution in [0.25, 0.3) is 0 Å². The molecular weight excluding hydrogens is 313 g/mol. The minimum absolute atomic E-state index is 0.302. The molecule has 1 atom stereocenters. The summed E-state index contributed by atoms with van der Waals surface area (Å²) in [4.78, 5) is 11.5. The van der Waals surface area contributed by atoms with Crippen LogP contribution in [0, 0.1) is 0 Å². The van der Waals surface area contributed by atoms with Crippen molar-refractivity contribution < 1.29 is 14.6 Å². The van der Waals surface area contributed by atoms with Gasteiger partial charge in [0.1, 0.15) is 5.75 Å². The van der Waals surface area contributed by atoms with Crippen LogP contribution in [-0.4, -0.2) is 18.2 Å². The van der Waals surface area contributed by atoms with Crippen LogP contribution in [0.4, 0.5) is 5.69 Å². The second-order valence-electron chi connectivity index (χ2n) is 4.31. The number of rotatable bonds is 5. The second-order valence-corrected chi connectivity index (χ2v) is 5.15. The Bertz CT molecular complexity index is 644. The molecule has 6 heteroatoms. The zero-order chi connectivity index (χ0) is 15.4. The molecule has 0 amide bonds. The third kappa shape index (κ3) is 3.80. The lowest BCUT2D eigenvalue weighted by Gasteiger charge is -2.17. The van der Waals surface area contributed by atoms with Gasteiger partial charge in [0.15, 0.2) is 6.04 Å². The lowest BCUT2D eigenvalue weighted by atomic mass is 10.1. The summed E-state index contributed by atoms with van der Waals surface area (Å²) in [5, 5.41) is 13.1. The van der Waals surface area contributed by atoms with Crippen LogP contribution in [0.2, 0.25) is 10.0 Å². The summed E-state index contributed by atoms with van der Waals surface area (Å²) in [6.07, 6.45) is 0. The Balaban J connectivity index is 2.28. The van der Waals surface area contributed by atoms with Crippen LogP contribution in [0.5, 0.6) is 5.75 Å². The predicted molar refractivity (Wildman–Crippen MR) is 83.5 cm³/mol. The van der Waals surface area contributed by atoms with E-state index >= 15 is 0 Å². The first-order valence-electron chi connectivity index (χ1n) is 6.09. The molecular formula is C15H13Cl2NO3. The van der Waals surface area contributed by atoms with Gasteiger partial charge in [-0.15, -0.1) is 0 Å². The average molecular weight is 326 g/mol. The molecule has 110 valence electrons. The highest BCUT2D eigenvalue weighted by atomic mass is 35.5. The smallest absolute Gasteiger partial charge is 0.330 e. The molecule has 21 heavy (non-hydrogen) atoms. The molecule has 0 fully saturated rings. The highest BCUT2D eigenvalue weighted by Crippen LogP contribution is 2.29. The molecule has 2 rings (SSSR count). The van der Waals surface area contributed by atoms with E-state index in [0.717, 1.165) is 0 Å². The fourth-order valence-electron chi connectivity index (χ4n) is 1.86. The largest absolute Gasteiger partial charge is 0.497 e. The number of aliphatic carboxylic acids is 1. The van der Waals surface area contributed by atoms with Gasteiger partial charge < -0.3 is 15.2 Å². The van der Waals surface area contributed by atoms with E-state index in [0.29, 0.717) is 27.0 Å². The Labute approximate surface area is 132 Å². The molecule has 0 aliphatic carbocycles. The Kier molecular flexibility index (Phi) is 4.94. The van der Waals surface area contributed by atoms with E-state index in [1.165, 1.54) is 6.07 Å². The monoisotopic (exact) mass is 325 g/mol. The molecule has 0 spiro atoms. The lowest BCUT2D eigenvalue weighted by Crippen LogP contribution is -2.20. The van der Waals surface area contributed by atoms with E-state index in [4.69, 9.17) is 27.9 Å². The van der Waals surface area contributed by atoms with E-state index in [-0.39, 0.29) is 0 Å². The lowest BCUT2D eigenvalue weighted by molar-refractivity contribution is -0.138. The van der Waals surface area contributed by atoms with E-state index in [1.807, 2.05) is 0 Å². The maximum atomic E-state index is 11.5. The van der Waals surface area contributed by atoms with Gasteiger partial charge in [-0.1, -0.05) is 29.3 Å². The number of methoxy groups -OCH3 is 1. The fraction of sp³-hybridized carbons (Fsp3) is 0.133. The SMILES string of the molecule is COc1ccc(NC(C(=O)O)c2ccc(Cl)cc2Cl)cc1. The zero-order valence-corrected chi connectivity index (χ0v) is 12.7. The molecule has 2 N–H and O–H groups in total. The van der Waals surface area contributed by atoms with Gasteiger partial charge in [0.05, 0.1) is 7.11 Å². The topological polar surface area (TPSA) is 58.6 Å². The van der Waals surface area contributed by atoms with E-state index in [9.17, 15) is 9.90 Å². The highest BCUT2D eigenvalue weighted by Gasteiger charge is 2.22. The van der Waals surface area contributed by atoms with Gasteiger partial charge in [0.25, 0.3) is 0 Å². The Morgan fingerprint density at radius 1 is 1.19 bits per heavy atom. The minimum Gasteiger partial charge on any atom is -0.497 e. The summed E-state index contributed by atoms with van der Waals surface area (Å²) in [6, 6.07) is 10.7. The number of nitrogens with one attached hydrogen (secondary N) is 1. The first kappa shape index (κ1) is 15.5. The molecule has 1 unspecified atom stereocenters. The van der Waals surface area contributed by atoms with Crippen LogP contribution in [0.15, 0.2) is 42.5 Å². The molecule has 0 bridgehead atoms. The van der Waals surface area contributed by atoms with Crippen molar-refractivity contribution in [2.75, 3.05) is 12.4 Å². The standard InChI is InChI=1S/C15H13Cl2NO3/c1-21-11-5-3-10(4-6-11)18-14(15(19)20)12-7-2-9(16)8-13(12)17/h2-8,14,18H,1H3,(H,19,20). The van der Waals surface area contributed by atoms with Crippen molar-refractivity contribution in [1.29, 1.82) is 0 Å². The van der Waals surface area contributed by atoms with Gasteiger partial charge in [0.2, 0.25) is 0 Å². The van der Waals surface area contributed by atoms with Crippen LogP contribution in [0.3, 0.4) is 0 Å². The molecule has 0 saturated carbocycles. The number of hydrogen-bond donors (Lipinski definition) is 2. The van der Waals surface area contributed by atoms with Gasteiger partial charge in [0, 0.05) is 21.3 Å². The third-order valence-corrected chi connectivity index (χ3v) is 3.48. The van der Waals surface area contributed by atoms with Crippen LogP contribution >= 0.6 is 23.2 Å². The summed E-state index contributed by atoms with van der Waals surface area (Å²) in [7, 11) is 1.57. The first-order valence-corrected chi connectivity index (χ1v) is 6.85. The summed E-state index contributed by atoms with van der Waals surface area (Å²) < 4.78 is 5.06. The summed E-state index contributed by atoms with van der Waals surface area (Å²) in [5.74, 6) is -0.341. The third-order valence-electron chi connectivity index (χ3n) is 2.92. The van der Waals surface area contributed by atoms with Gasteiger partial charge in [-0.3, -0.25) is 0 Å². The molecule has 4 nitrogen and oxygen atoms in total. The Morgan fingerprint density at radius 2 is 1.86 bits per heavy atom. The quantitative estimate of drug-likeness (QED) is 0.863. The molecule has 0 aromatic heterocycles. The highest BCUT2D eigenvalue weighted by molar-refractivity contribution is 6.35. The van der Waals surface area contributed by atoms with Gasteiger partial charge >= 0.3 is 5.97 Å². The zero-order valence-electron chi connectivity index (χ0n) is 11.1. The number of halogens is 2. The number of ether oxygens (including phenoxy) is 1. The summed E-state index contributed by atoms with van der Waals surface area (Å²) in [6.45, 7) is 0. The van der Waals surface area contributed by atoms with Crippen molar-refractivity contribution in [3.05, 3.63) is 58.1 Å². The molecule has 2 aromatic rings. The number of carboxylic acid groups (broad SMARTS) is 1. The molecule has 0 radical (unpaired) electrons. The molecule has 0 saturated heterocycles. The Hall–Kier alpha value is -1.91. The van der Waals surface area contributed by atoms with Gasteiger partial charge in [-0.25, -0.2) is 4.79 Å². The number of carbonyl (C=O) groups is 1. The van der Waals surface area contributed by atoms with Crippen molar-refractivity contribution in [1.82, 2.24) is 0 Å². The predicted octanol–water partition coefficient (Wildman–Crippen LogP) is 4.24. The van der Waals surface area contributed by atoms with Crippen LogP contribution in [0.1, 0.15) is 11.6 Å². The number of anilines is 1. The second kappa shape index (κ2) is 6.70. The number of benzene rings is 2. The van der Waals surface area contributed by atoms with Crippen molar-refractivity contribution in [3.8, 4) is 5.75 Å². The van der Waals surface area contributed by atoms with Gasteiger partial charge in [-0.2, -0.15) is 0 Å². The maximum Gasteiger partial charge on any atom is 0.330 e. The molecule has 0 aliphatic heterocycles. The maximum absolute atomic E-state index is 11.5. The van der Waals surface area contributed by atoms with Crippen molar-refractivity contribution in [2.24, 2.45) is 0 Å². The molecule has 0 heterocycles. The number of carboxylic acids is 1. The Morgan fingerprint density at radius 3 is 2.38 bits per heavy atom. The molecule has 2 aromatic carbocycles. The van der Waals surface area contributed by atoms with Crippen molar-refractivity contribution in [2.45, 2.75) is 6.04 Å². The van der Waals surface area contributed by atoms with E-state index < -0.39 is 12.0 Å². The number of hydrogen-bond acceptors (Lipinski definition) is 3. The van der Waals surface area contributed by atoms with Crippen molar-refractivity contribution in [3.63, 3.8) is 0 Å². The van der Waals surface area contributed by atoms with E-state index in [1.54, 1.807) is 43.5 Å². The van der Waals surface area contributed by atoms with Crippen LogP contribution < -0.4 is 10.1 Å². The fourth-order valence-corrected chi connectivity index (χ4v) is 2.38. The summed E-state index contributed by atoms with van der Waals surface area (Å²) >= 11 is 11.9. The van der Waals surface area contributed by atoms with Gasteiger partial charge in [-0.05, 0) is 36.4 Å².